The Bertz CT molecular complexity index is 592. The van der Waals surface area contributed by atoms with E-state index in [-0.39, 0.29) is 11.9 Å². The summed E-state index contributed by atoms with van der Waals surface area (Å²) in [4.78, 5) is 6.75. The highest BCUT2D eigenvalue weighted by Gasteiger charge is 2.32. The summed E-state index contributed by atoms with van der Waals surface area (Å²) in [5.74, 6) is 0.538. The van der Waals surface area contributed by atoms with E-state index in [4.69, 9.17) is 4.74 Å². The Hall–Kier alpha value is -1.66. The molecule has 0 bridgehead atoms. The molecule has 1 aromatic rings. The van der Waals surface area contributed by atoms with Crippen LogP contribution in [0.15, 0.2) is 23.2 Å². The fraction of sp³-hybridized carbons (Fsp3) is 0.611. The number of guanidine groups is 1. The highest BCUT2D eigenvalue weighted by Crippen LogP contribution is 2.22. The largest absolute Gasteiger partial charge is 0.373 e. The molecule has 2 saturated heterocycles. The second kappa shape index (κ2) is 7.94. The zero-order valence-corrected chi connectivity index (χ0v) is 14.5. The summed E-state index contributed by atoms with van der Waals surface area (Å²) in [6.45, 7) is 6.04. The van der Waals surface area contributed by atoms with Crippen molar-refractivity contribution in [1.82, 2.24) is 15.5 Å². The number of fused-ring (bicyclic) bond motifs is 1. The molecule has 0 radical (unpaired) electrons. The van der Waals surface area contributed by atoms with E-state index in [0.29, 0.717) is 24.1 Å². The van der Waals surface area contributed by atoms with Gasteiger partial charge in [-0.1, -0.05) is 12.1 Å². The second-order valence-corrected chi connectivity index (χ2v) is 6.64. The van der Waals surface area contributed by atoms with Gasteiger partial charge in [-0.3, -0.25) is 9.89 Å². The molecular weight excluding hydrogens is 307 g/mol. The first-order chi connectivity index (χ1) is 11.7. The van der Waals surface area contributed by atoms with E-state index in [1.54, 1.807) is 26.1 Å². The van der Waals surface area contributed by atoms with E-state index < -0.39 is 0 Å². The van der Waals surface area contributed by atoms with Gasteiger partial charge in [0, 0.05) is 32.7 Å². The summed E-state index contributed by atoms with van der Waals surface area (Å²) in [6, 6.07) is 5.91. The van der Waals surface area contributed by atoms with E-state index in [1.807, 2.05) is 6.07 Å². The molecule has 0 aliphatic carbocycles. The Morgan fingerprint density at radius 2 is 2.29 bits per heavy atom. The Labute approximate surface area is 143 Å². The van der Waals surface area contributed by atoms with Crippen molar-refractivity contribution in [2.75, 3.05) is 33.3 Å². The molecule has 2 unspecified atom stereocenters. The predicted molar refractivity (Wildman–Crippen MR) is 93.7 cm³/mol. The minimum absolute atomic E-state index is 0.173. The maximum absolute atomic E-state index is 13.6. The van der Waals surface area contributed by atoms with Crippen LogP contribution in [-0.4, -0.2) is 56.3 Å². The third-order valence-corrected chi connectivity index (χ3v) is 4.88. The van der Waals surface area contributed by atoms with Crippen molar-refractivity contribution >= 4 is 5.96 Å². The van der Waals surface area contributed by atoms with Gasteiger partial charge in [0.25, 0.3) is 0 Å². The van der Waals surface area contributed by atoms with Crippen LogP contribution in [0.1, 0.15) is 24.0 Å². The average molecular weight is 334 g/mol. The number of nitrogens with zero attached hydrogens (tertiary/aromatic N) is 2. The summed E-state index contributed by atoms with van der Waals surface area (Å²) < 4.78 is 19.5. The molecule has 2 aliphatic rings. The van der Waals surface area contributed by atoms with Crippen LogP contribution in [0.3, 0.4) is 0 Å². The van der Waals surface area contributed by atoms with Gasteiger partial charge in [0.2, 0.25) is 0 Å². The Morgan fingerprint density at radius 3 is 3.08 bits per heavy atom. The zero-order valence-electron chi connectivity index (χ0n) is 14.5. The molecule has 0 amide bonds. The summed E-state index contributed by atoms with van der Waals surface area (Å²) in [6.07, 6.45) is 2.73. The molecule has 24 heavy (non-hydrogen) atoms. The van der Waals surface area contributed by atoms with E-state index >= 15 is 0 Å². The number of hydrogen-bond donors (Lipinski definition) is 2. The van der Waals surface area contributed by atoms with Crippen LogP contribution >= 0.6 is 0 Å². The quantitative estimate of drug-likeness (QED) is 0.649. The standard InChI is InChI=1S/C18H27FN4O/c1-13-5-6-14(8-17(13)19)9-21-18(20-2)22-10-16-11-23-7-3-4-15(23)12-24-16/h5-6,8,15-16H,3-4,7,9-12H2,1-2H3,(H2,20,21,22). The zero-order chi connectivity index (χ0) is 16.9. The molecule has 2 N–H and O–H groups in total. The van der Waals surface area contributed by atoms with Crippen LogP contribution < -0.4 is 10.6 Å². The lowest BCUT2D eigenvalue weighted by atomic mass is 10.1. The molecule has 3 rings (SSSR count). The first-order valence-electron chi connectivity index (χ1n) is 8.71. The number of nitrogens with one attached hydrogen (secondary N) is 2. The van der Waals surface area contributed by atoms with Gasteiger partial charge in [-0.15, -0.1) is 0 Å². The number of rotatable bonds is 4. The van der Waals surface area contributed by atoms with Crippen molar-refractivity contribution < 1.29 is 9.13 Å². The van der Waals surface area contributed by atoms with Gasteiger partial charge in [-0.2, -0.15) is 0 Å². The van der Waals surface area contributed by atoms with Crippen LogP contribution in [0.25, 0.3) is 0 Å². The van der Waals surface area contributed by atoms with E-state index in [0.717, 1.165) is 25.3 Å². The molecule has 2 aliphatic heterocycles. The van der Waals surface area contributed by atoms with Crippen LogP contribution in [0, 0.1) is 12.7 Å². The third kappa shape index (κ3) is 4.24. The minimum Gasteiger partial charge on any atom is -0.373 e. The smallest absolute Gasteiger partial charge is 0.191 e. The summed E-state index contributed by atoms with van der Waals surface area (Å²) in [5, 5.41) is 6.53. The lowest BCUT2D eigenvalue weighted by molar-refractivity contribution is -0.0453. The van der Waals surface area contributed by atoms with Gasteiger partial charge >= 0.3 is 0 Å². The van der Waals surface area contributed by atoms with Gasteiger partial charge in [-0.25, -0.2) is 4.39 Å². The van der Waals surface area contributed by atoms with Crippen molar-refractivity contribution in [2.45, 2.75) is 38.5 Å². The van der Waals surface area contributed by atoms with Crippen LogP contribution in [0.2, 0.25) is 0 Å². The summed E-state index contributed by atoms with van der Waals surface area (Å²) in [7, 11) is 1.74. The van der Waals surface area contributed by atoms with Gasteiger partial charge in [0.1, 0.15) is 5.82 Å². The van der Waals surface area contributed by atoms with Crippen LogP contribution in [0.5, 0.6) is 0 Å². The maximum Gasteiger partial charge on any atom is 0.191 e. The molecule has 0 aromatic heterocycles. The van der Waals surface area contributed by atoms with Crippen molar-refractivity contribution in [3.63, 3.8) is 0 Å². The number of aryl methyl sites for hydroxylation is 1. The molecule has 6 heteroatoms. The Morgan fingerprint density at radius 1 is 1.42 bits per heavy atom. The van der Waals surface area contributed by atoms with E-state index in [1.165, 1.54) is 19.4 Å². The highest BCUT2D eigenvalue weighted by atomic mass is 19.1. The van der Waals surface area contributed by atoms with E-state index in [9.17, 15) is 4.39 Å². The van der Waals surface area contributed by atoms with Crippen molar-refractivity contribution in [3.8, 4) is 0 Å². The highest BCUT2D eigenvalue weighted by molar-refractivity contribution is 5.79. The molecular formula is C18H27FN4O. The number of ether oxygens (including phenoxy) is 1. The lowest BCUT2D eigenvalue weighted by Gasteiger charge is -2.35. The summed E-state index contributed by atoms with van der Waals surface area (Å²) in [5.41, 5.74) is 1.56. The van der Waals surface area contributed by atoms with Crippen LogP contribution in [0.4, 0.5) is 4.39 Å². The number of halogens is 1. The van der Waals surface area contributed by atoms with Gasteiger partial charge < -0.3 is 15.4 Å². The fourth-order valence-electron chi connectivity index (χ4n) is 3.37. The van der Waals surface area contributed by atoms with Gasteiger partial charge in [-0.05, 0) is 43.5 Å². The van der Waals surface area contributed by atoms with Crippen LogP contribution in [-0.2, 0) is 11.3 Å². The molecule has 1 aromatic carbocycles. The number of benzene rings is 1. The van der Waals surface area contributed by atoms with Crippen molar-refractivity contribution in [1.29, 1.82) is 0 Å². The Kier molecular flexibility index (Phi) is 5.68. The molecule has 2 fully saturated rings. The molecule has 0 spiro atoms. The topological polar surface area (TPSA) is 48.9 Å². The first-order valence-corrected chi connectivity index (χ1v) is 8.71. The molecule has 5 nitrogen and oxygen atoms in total. The Balaban J connectivity index is 1.44. The third-order valence-electron chi connectivity index (χ3n) is 4.88. The molecule has 132 valence electrons. The van der Waals surface area contributed by atoms with Crippen molar-refractivity contribution in [2.24, 2.45) is 4.99 Å². The summed E-state index contributed by atoms with van der Waals surface area (Å²) >= 11 is 0. The van der Waals surface area contributed by atoms with Crippen molar-refractivity contribution in [3.05, 3.63) is 35.1 Å². The van der Waals surface area contributed by atoms with Gasteiger partial charge in [0.15, 0.2) is 5.96 Å². The second-order valence-electron chi connectivity index (χ2n) is 6.64. The monoisotopic (exact) mass is 334 g/mol. The number of hydrogen-bond acceptors (Lipinski definition) is 3. The number of morpholine rings is 1. The lowest BCUT2D eigenvalue weighted by Crippen LogP contribution is -2.51. The molecule has 2 heterocycles. The number of aliphatic imine (C=N–C) groups is 1. The molecule has 2 atom stereocenters. The molecule has 0 saturated carbocycles. The minimum atomic E-state index is -0.173. The fourth-order valence-corrected chi connectivity index (χ4v) is 3.37. The maximum atomic E-state index is 13.6. The first kappa shape index (κ1) is 17.2. The van der Waals surface area contributed by atoms with Gasteiger partial charge in [0.05, 0.1) is 12.7 Å². The van der Waals surface area contributed by atoms with E-state index in [2.05, 4.69) is 20.5 Å². The average Bonchev–Trinajstić information content (AvgIpc) is 3.06. The SMILES string of the molecule is CN=C(NCc1ccc(C)c(F)c1)NCC1CN2CCCC2CO1. The normalized spacial score (nSPS) is 24.7. The predicted octanol–water partition coefficient (Wildman–Crippen LogP) is 1.66.